The Balaban J connectivity index is 0.000000606. The lowest BCUT2D eigenvalue weighted by Gasteiger charge is -2.38. The molecule has 3 fully saturated rings. The molecule has 0 aromatic heterocycles. The highest BCUT2D eigenvalue weighted by atomic mass is 19.4. The molecule has 0 bridgehead atoms. The molecule has 3 aliphatic rings. The Morgan fingerprint density at radius 2 is 1.12 bits per heavy atom. The number of carboxylic acids is 1. The summed E-state index contributed by atoms with van der Waals surface area (Å²) < 4.78 is 31.7. The Labute approximate surface area is 283 Å². The zero-order chi connectivity index (χ0) is 35.0. The van der Waals surface area contributed by atoms with Crippen molar-refractivity contribution in [2.24, 2.45) is 0 Å². The molecule has 0 saturated carbocycles. The van der Waals surface area contributed by atoms with Gasteiger partial charge in [-0.05, 0) is 55.3 Å². The molecular weight excluding hydrogens is 637 g/mol. The Kier molecular flexibility index (Phi) is 11.4. The largest absolute Gasteiger partial charge is 0.490 e. The van der Waals surface area contributed by atoms with Gasteiger partial charge in [0.1, 0.15) is 12.1 Å². The highest BCUT2D eigenvalue weighted by Gasteiger charge is 2.46. The van der Waals surface area contributed by atoms with E-state index in [4.69, 9.17) is 9.90 Å². The van der Waals surface area contributed by atoms with E-state index in [1.807, 2.05) is 59.5 Å². The first-order valence-corrected chi connectivity index (χ1v) is 16.6. The molecule has 3 heterocycles. The van der Waals surface area contributed by atoms with Gasteiger partial charge in [0.2, 0.25) is 17.7 Å². The van der Waals surface area contributed by atoms with Gasteiger partial charge < -0.3 is 19.8 Å². The van der Waals surface area contributed by atoms with Gasteiger partial charge in [0.15, 0.2) is 0 Å². The van der Waals surface area contributed by atoms with E-state index in [1.54, 1.807) is 9.80 Å². The number of carbonyl (C=O) groups excluding carboxylic acids is 3. The topological polar surface area (TPSA) is 110 Å². The van der Waals surface area contributed by atoms with Crippen LogP contribution >= 0.6 is 0 Å². The van der Waals surface area contributed by atoms with Crippen molar-refractivity contribution in [3.05, 3.63) is 108 Å². The van der Waals surface area contributed by atoms with Crippen LogP contribution in [0, 0.1) is 0 Å². The zero-order valence-corrected chi connectivity index (χ0v) is 27.1. The fourth-order valence-electron chi connectivity index (χ4n) is 7.19. The van der Waals surface area contributed by atoms with Gasteiger partial charge in [-0.3, -0.25) is 19.7 Å². The minimum Gasteiger partial charge on any atom is -0.475 e. The maximum atomic E-state index is 14.4. The molecule has 260 valence electrons. The number of likely N-dealkylation sites (tertiary alicyclic amines) is 2. The van der Waals surface area contributed by atoms with Crippen LogP contribution in [0.1, 0.15) is 55.2 Å². The summed E-state index contributed by atoms with van der Waals surface area (Å²) >= 11 is 0. The van der Waals surface area contributed by atoms with E-state index < -0.39 is 29.6 Å². The average molecular weight is 679 g/mol. The van der Waals surface area contributed by atoms with Gasteiger partial charge in [0, 0.05) is 26.1 Å². The number of amides is 3. The van der Waals surface area contributed by atoms with Crippen LogP contribution < -0.4 is 5.32 Å². The lowest BCUT2D eigenvalue weighted by molar-refractivity contribution is -0.192. The molecule has 0 spiro atoms. The molecule has 6 rings (SSSR count). The van der Waals surface area contributed by atoms with Crippen molar-refractivity contribution >= 4 is 23.7 Å². The smallest absolute Gasteiger partial charge is 0.475 e. The van der Waals surface area contributed by atoms with Crippen molar-refractivity contribution in [3.63, 3.8) is 0 Å². The Bertz CT molecular complexity index is 1490. The van der Waals surface area contributed by atoms with Gasteiger partial charge in [-0.2, -0.15) is 13.2 Å². The fraction of sp³-hybridized carbons (Fsp3) is 0.405. The Hall–Kier alpha value is -4.71. The van der Waals surface area contributed by atoms with Gasteiger partial charge in [-0.1, -0.05) is 91.0 Å². The number of aliphatic carboxylic acids is 1. The van der Waals surface area contributed by atoms with Crippen LogP contribution in [0.15, 0.2) is 91.0 Å². The number of carbonyl (C=O) groups is 4. The third kappa shape index (κ3) is 7.96. The number of rotatable bonds is 7. The average Bonchev–Trinajstić information content (AvgIpc) is 3.83. The van der Waals surface area contributed by atoms with E-state index in [2.05, 4.69) is 41.7 Å². The van der Waals surface area contributed by atoms with E-state index in [-0.39, 0.29) is 24.1 Å². The van der Waals surface area contributed by atoms with Crippen molar-refractivity contribution in [1.29, 1.82) is 0 Å². The lowest BCUT2D eigenvalue weighted by Crippen LogP contribution is -2.56. The molecule has 3 aromatic rings. The van der Waals surface area contributed by atoms with E-state index in [0.717, 1.165) is 49.0 Å². The number of alkyl halides is 3. The maximum absolute atomic E-state index is 14.4. The van der Waals surface area contributed by atoms with Crippen molar-refractivity contribution in [3.8, 4) is 0 Å². The minimum atomic E-state index is -5.08. The summed E-state index contributed by atoms with van der Waals surface area (Å²) in [5.74, 6) is -2.84. The first kappa shape index (κ1) is 35.6. The second-order valence-electron chi connectivity index (χ2n) is 12.5. The summed E-state index contributed by atoms with van der Waals surface area (Å²) in [6.45, 7) is 3.28. The van der Waals surface area contributed by atoms with Crippen LogP contribution in [0.3, 0.4) is 0 Å². The SMILES string of the molecule is O=C(O)C(F)(F)F.O=C([C@H]1CCCN1C(=O)[C@@H]1CCCN1C(=O)CC(c1ccccc1)(c1ccccc1)c1ccccc1)N1CCCNC1. The predicted octanol–water partition coefficient (Wildman–Crippen LogP) is 4.81. The van der Waals surface area contributed by atoms with E-state index in [9.17, 15) is 27.6 Å². The van der Waals surface area contributed by atoms with Gasteiger partial charge >= 0.3 is 12.1 Å². The quantitative estimate of drug-likeness (QED) is 0.348. The third-order valence-electron chi connectivity index (χ3n) is 9.53. The number of halogens is 3. The summed E-state index contributed by atoms with van der Waals surface area (Å²) in [4.78, 5) is 56.2. The predicted molar refractivity (Wildman–Crippen MR) is 176 cm³/mol. The molecule has 3 aliphatic heterocycles. The lowest BCUT2D eigenvalue weighted by atomic mass is 9.67. The maximum Gasteiger partial charge on any atom is 0.490 e. The summed E-state index contributed by atoms with van der Waals surface area (Å²) in [7, 11) is 0. The number of hydrogen-bond donors (Lipinski definition) is 2. The van der Waals surface area contributed by atoms with E-state index in [1.165, 1.54) is 0 Å². The molecule has 9 nitrogen and oxygen atoms in total. The van der Waals surface area contributed by atoms with Crippen molar-refractivity contribution in [2.75, 3.05) is 32.8 Å². The van der Waals surface area contributed by atoms with Crippen LogP contribution in [0.4, 0.5) is 13.2 Å². The Morgan fingerprint density at radius 3 is 1.55 bits per heavy atom. The van der Waals surface area contributed by atoms with Gasteiger partial charge in [-0.15, -0.1) is 0 Å². The van der Waals surface area contributed by atoms with Crippen LogP contribution in [-0.4, -0.2) is 94.6 Å². The number of benzene rings is 3. The monoisotopic (exact) mass is 678 g/mol. The number of hydrogen-bond acceptors (Lipinski definition) is 5. The molecule has 12 heteroatoms. The van der Waals surface area contributed by atoms with Crippen LogP contribution in [0.2, 0.25) is 0 Å². The van der Waals surface area contributed by atoms with E-state index in [0.29, 0.717) is 32.6 Å². The first-order valence-electron chi connectivity index (χ1n) is 16.6. The molecule has 3 aromatic carbocycles. The van der Waals surface area contributed by atoms with Crippen molar-refractivity contribution in [1.82, 2.24) is 20.0 Å². The molecular formula is C37H41F3N4O5. The summed E-state index contributed by atoms with van der Waals surface area (Å²) in [6.07, 6.45) is -1.06. The normalized spacial score (nSPS) is 19.6. The summed E-state index contributed by atoms with van der Waals surface area (Å²) in [5, 5.41) is 10.4. The van der Waals surface area contributed by atoms with Gasteiger partial charge in [0.25, 0.3) is 0 Å². The highest BCUT2D eigenvalue weighted by molar-refractivity contribution is 5.93. The van der Waals surface area contributed by atoms with Crippen LogP contribution in [0.25, 0.3) is 0 Å². The second-order valence-corrected chi connectivity index (χ2v) is 12.5. The minimum absolute atomic E-state index is 0.0279. The standard InChI is InChI=1S/C35H40N4O3.C2HF3O2/c40-32(25-35(27-13-4-1-5-14-27,28-15-6-2-7-16-28)29-17-8-3-9-18-29)38-23-10-20-31(38)34(42)39-24-11-19-30(39)33(41)37-22-12-21-36-26-37;3-2(4,5)1(6)7/h1-9,13-18,30-31,36H,10-12,19-26H2;(H,6,7)/t30-,31+;/m1./s1. The van der Waals surface area contributed by atoms with Crippen molar-refractivity contribution < 1.29 is 37.5 Å². The summed E-state index contributed by atoms with van der Waals surface area (Å²) in [5.41, 5.74) is 2.40. The number of nitrogens with one attached hydrogen (secondary N) is 1. The molecule has 2 atom stereocenters. The van der Waals surface area contributed by atoms with Crippen molar-refractivity contribution in [2.45, 2.75) is 62.2 Å². The third-order valence-corrected chi connectivity index (χ3v) is 9.53. The number of carboxylic acid groups (broad SMARTS) is 1. The summed E-state index contributed by atoms with van der Waals surface area (Å²) in [6, 6.07) is 29.7. The molecule has 0 unspecified atom stereocenters. The molecule has 0 aliphatic carbocycles. The highest BCUT2D eigenvalue weighted by Crippen LogP contribution is 2.43. The van der Waals surface area contributed by atoms with Gasteiger partial charge in [-0.25, -0.2) is 4.79 Å². The Morgan fingerprint density at radius 1 is 0.673 bits per heavy atom. The molecule has 2 N–H and O–H groups in total. The van der Waals surface area contributed by atoms with Crippen LogP contribution in [0.5, 0.6) is 0 Å². The van der Waals surface area contributed by atoms with Gasteiger partial charge in [0.05, 0.1) is 12.1 Å². The fourth-order valence-corrected chi connectivity index (χ4v) is 7.19. The molecule has 3 amide bonds. The molecule has 49 heavy (non-hydrogen) atoms. The number of nitrogens with zero attached hydrogens (tertiary/aromatic N) is 3. The van der Waals surface area contributed by atoms with E-state index >= 15 is 0 Å². The second kappa shape index (κ2) is 15.7. The van der Waals surface area contributed by atoms with Crippen LogP contribution in [-0.2, 0) is 24.6 Å². The molecule has 3 saturated heterocycles. The first-order chi connectivity index (χ1) is 23.5. The zero-order valence-electron chi connectivity index (χ0n) is 27.1. The molecule has 0 radical (unpaired) electrons.